The fourth-order valence-electron chi connectivity index (χ4n) is 3.98. The Morgan fingerprint density at radius 3 is 2.64 bits per heavy atom. The highest BCUT2D eigenvalue weighted by molar-refractivity contribution is 7.94. The molecule has 0 bridgehead atoms. The molecule has 0 fully saturated rings. The number of Topliss-reactive ketones (excluding diaryl/α,β-unsaturated/α-hetero) is 1. The zero-order valence-corrected chi connectivity index (χ0v) is 21.0. The number of imide groups is 1. The fraction of sp³-hybridized carbons (Fsp3) is 0.208. The maximum Gasteiger partial charge on any atom is 0.266 e. The van der Waals surface area contributed by atoms with Crippen molar-refractivity contribution in [1.29, 1.82) is 0 Å². The number of thiophene rings is 1. The molecule has 0 saturated carbocycles. The van der Waals surface area contributed by atoms with Crippen LogP contribution in [0.25, 0.3) is 0 Å². The number of nitrogens with zero attached hydrogens (tertiary/aromatic N) is 3. The lowest BCUT2D eigenvalue weighted by atomic mass is 9.96. The number of benzene rings is 1. The quantitative estimate of drug-likeness (QED) is 0.420. The van der Waals surface area contributed by atoms with Gasteiger partial charge in [0, 0.05) is 23.7 Å². The summed E-state index contributed by atoms with van der Waals surface area (Å²) in [6.07, 6.45) is 1.20. The molecular weight excluding hydrogens is 526 g/mol. The Hall–Kier alpha value is -3.41. The first kappa shape index (κ1) is 24.3. The van der Waals surface area contributed by atoms with E-state index in [1.165, 1.54) is 24.4 Å². The Labute approximate surface area is 215 Å². The van der Waals surface area contributed by atoms with Gasteiger partial charge in [-0.15, -0.1) is 11.3 Å². The van der Waals surface area contributed by atoms with Crippen LogP contribution >= 0.6 is 22.9 Å². The van der Waals surface area contributed by atoms with Crippen LogP contribution in [0.5, 0.6) is 0 Å². The lowest BCUT2D eigenvalue weighted by Crippen LogP contribution is -2.43. The first-order valence-electron chi connectivity index (χ1n) is 10.8. The van der Waals surface area contributed by atoms with Crippen molar-refractivity contribution in [3.05, 3.63) is 75.3 Å². The lowest BCUT2D eigenvalue weighted by molar-refractivity contribution is -0.118. The Morgan fingerprint density at radius 2 is 1.97 bits per heavy atom. The molecule has 2 amide bonds. The topological polar surface area (TPSA) is 123 Å². The second kappa shape index (κ2) is 9.57. The van der Waals surface area contributed by atoms with Gasteiger partial charge < -0.3 is 4.74 Å². The number of carbonyl (C=O) groups is 3. The number of fused-ring (bicyclic) bond motifs is 1. The third kappa shape index (κ3) is 4.81. The summed E-state index contributed by atoms with van der Waals surface area (Å²) < 4.78 is 30.6. The van der Waals surface area contributed by atoms with E-state index in [1.807, 2.05) is 0 Å². The minimum absolute atomic E-state index is 0.00864. The Morgan fingerprint density at radius 1 is 1.14 bits per heavy atom. The smallest absolute Gasteiger partial charge is 0.266 e. The van der Waals surface area contributed by atoms with E-state index in [-0.39, 0.29) is 22.9 Å². The molecule has 184 valence electrons. The highest BCUT2D eigenvalue weighted by Crippen LogP contribution is 2.28. The van der Waals surface area contributed by atoms with Crippen molar-refractivity contribution >= 4 is 62.1 Å². The second-order valence-electron chi connectivity index (χ2n) is 8.18. The van der Waals surface area contributed by atoms with Gasteiger partial charge in [0.25, 0.3) is 5.91 Å². The molecule has 36 heavy (non-hydrogen) atoms. The molecule has 4 heterocycles. The number of rotatable bonds is 7. The molecule has 5 rings (SSSR count). The van der Waals surface area contributed by atoms with Crippen LogP contribution in [0.3, 0.4) is 0 Å². The largest absolute Gasteiger partial charge is 0.476 e. The van der Waals surface area contributed by atoms with Crippen LogP contribution in [0, 0.1) is 0 Å². The average molecular weight is 544 g/mol. The van der Waals surface area contributed by atoms with Gasteiger partial charge in [0.05, 0.1) is 17.3 Å². The van der Waals surface area contributed by atoms with Gasteiger partial charge >= 0.3 is 0 Å². The van der Waals surface area contributed by atoms with E-state index in [9.17, 15) is 22.8 Å². The Balaban J connectivity index is 1.29. The molecule has 0 unspecified atom stereocenters. The number of aromatic nitrogens is 1. The van der Waals surface area contributed by atoms with Crippen molar-refractivity contribution in [2.24, 2.45) is 4.99 Å². The zero-order valence-electron chi connectivity index (χ0n) is 18.6. The molecular formula is C24H18ClN3O6S2. The molecule has 2 aliphatic rings. The molecule has 1 aromatic carbocycles. The molecule has 0 radical (unpaired) electrons. The van der Waals surface area contributed by atoms with Crippen molar-refractivity contribution in [3.63, 3.8) is 0 Å². The van der Waals surface area contributed by atoms with E-state index in [0.29, 0.717) is 40.1 Å². The molecule has 0 saturated heterocycles. The average Bonchev–Trinajstić information content (AvgIpc) is 3.52. The number of carbonyl (C=O) groups excluding carboxylic acids is 3. The summed E-state index contributed by atoms with van der Waals surface area (Å²) in [7, 11) is -3.78. The second-order valence-corrected chi connectivity index (χ2v) is 12.1. The van der Waals surface area contributed by atoms with Gasteiger partial charge in [-0.25, -0.2) is 23.3 Å². The summed E-state index contributed by atoms with van der Waals surface area (Å²) in [6, 6.07) is 11.0. The van der Waals surface area contributed by atoms with E-state index in [2.05, 4.69) is 9.98 Å². The molecule has 0 atom stereocenters. The van der Waals surface area contributed by atoms with Crippen molar-refractivity contribution in [2.45, 2.75) is 17.1 Å². The standard InChI is InChI=1S/C24H18ClN3O6S2/c25-19-4-6-22(35-19)36(32,33)13-17(29)9-14-1-5-20(27-12-14)28-21(30)11-16-10-15(23-26-7-8-34-23)2-3-18(16)24(28)31/h1-6,10,12H,7-9,11,13H2. The molecule has 0 aliphatic carbocycles. The third-order valence-electron chi connectivity index (χ3n) is 5.61. The molecule has 0 N–H and O–H groups in total. The first-order valence-corrected chi connectivity index (χ1v) is 13.7. The van der Waals surface area contributed by atoms with Crippen LogP contribution in [-0.2, 0) is 37.0 Å². The molecule has 9 nitrogen and oxygen atoms in total. The maximum absolute atomic E-state index is 13.1. The molecule has 2 aromatic heterocycles. The predicted octanol–water partition coefficient (Wildman–Crippen LogP) is 2.89. The normalized spacial score (nSPS) is 15.5. The summed E-state index contributed by atoms with van der Waals surface area (Å²) in [5.41, 5.74) is 2.16. The van der Waals surface area contributed by atoms with E-state index >= 15 is 0 Å². The van der Waals surface area contributed by atoms with Crippen molar-refractivity contribution in [2.75, 3.05) is 23.8 Å². The predicted molar refractivity (Wildman–Crippen MR) is 134 cm³/mol. The molecule has 2 aliphatic heterocycles. The van der Waals surface area contributed by atoms with E-state index < -0.39 is 33.2 Å². The summed E-state index contributed by atoms with van der Waals surface area (Å²) in [5, 5.41) is 0. The van der Waals surface area contributed by atoms with E-state index in [1.54, 1.807) is 24.3 Å². The first-order chi connectivity index (χ1) is 17.2. The Bertz CT molecular complexity index is 1530. The fourth-order valence-corrected chi connectivity index (χ4v) is 6.79. The summed E-state index contributed by atoms with van der Waals surface area (Å²) >= 11 is 6.69. The molecule has 0 spiro atoms. The number of hydrogen-bond acceptors (Lipinski definition) is 9. The van der Waals surface area contributed by atoms with Crippen LogP contribution in [0.4, 0.5) is 5.82 Å². The zero-order chi connectivity index (χ0) is 25.4. The van der Waals surface area contributed by atoms with E-state index in [0.717, 1.165) is 21.8 Å². The van der Waals surface area contributed by atoms with Crippen molar-refractivity contribution in [3.8, 4) is 0 Å². The monoisotopic (exact) mass is 543 g/mol. The van der Waals surface area contributed by atoms with Crippen molar-refractivity contribution in [1.82, 2.24) is 4.98 Å². The van der Waals surface area contributed by atoms with Crippen LogP contribution < -0.4 is 4.90 Å². The van der Waals surface area contributed by atoms with Crippen molar-refractivity contribution < 1.29 is 27.5 Å². The number of anilines is 1. The van der Waals surface area contributed by atoms with E-state index in [4.69, 9.17) is 16.3 Å². The molecule has 12 heteroatoms. The van der Waals surface area contributed by atoms with Crippen LogP contribution in [0.2, 0.25) is 4.34 Å². The number of hydrogen-bond donors (Lipinski definition) is 0. The number of amides is 2. The maximum atomic E-state index is 13.1. The van der Waals surface area contributed by atoms with Crippen LogP contribution in [0.1, 0.15) is 27.0 Å². The van der Waals surface area contributed by atoms with Gasteiger partial charge in [-0.3, -0.25) is 14.4 Å². The van der Waals surface area contributed by atoms with Gasteiger partial charge in [0.1, 0.15) is 22.4 Å². The van der Waals surface area contributed by atoms with Gasteiger partial charge in [0.2, 0.25) is 11.8 Å². The molecule has 3 aromatic rings. The highest BCUT2D eigenvalue weighted by Gasteiger charge is 2.33. The van der Waals surface area contributed by atoms with Gasteiger partial charge in [-0.1, -0.05) is 17.7 Å². The summed E-state index contributed by atoms with van der Waals surface area (Å²) in [4.78, 5) is 47.8. The van der Waals surface area contributed by atoms with Gasteiger partial charge in [0.15, 0.2) is 15.6 Å². The highest BCUT2D eigenvalue weighted by atomic mass is 35.5. The van der Waals surface area contributed by atoms with Crippen LogP contribution in [-0.4, -0.2) is 55.8 Å². The number of aliphatic imine (C=N–C) groups is 1. The number of pyridine rings is 1. The SMILES string of the molecule is O=C(Cc1ccc(N2C(=O)Cc3cc(C4=NCCO4)ccc3C2=O)nc1)CS(=O)(=O)c1ccc(Cl)s1. The number of sulfone groups is 1. The summed E-state index contributed by atoms with van der Waals surface area (Å²) in [6.45, 7) is 1.08. The van der Waals surface area contributed by atoms with Gasteiger partial charge in [-0.2, -0.15) is 0 Å². The van der Waals surface area contributed by atoms with Gasteiger partial charge in [-0.05, 0) is 47.5 Å². The minimum Gasteiger partial charge on any atom is -0.476 e. The third-order valence-corrected chi connectivity index (χ3v) is 9.10. The number of halogens is 1. The summed E-state index contributed by atoms with van der Waals surface area (Å²) in [5.74, 6) is -1.49. The number of ether oxygens (including phenoxy) is 1. The van der Waals surface area contributed by atoms with Crippen LogP contribution in [0.15, 0.2) is 57.9 Å². The lowest BCUT2D eigenvalue weighted by Gasteiger charge is -2.26. The number of ketones is 1. The minimum atomic E-state index is -3.78. The Kier molecular flexibility index (Phi) is 6.45.